The SMILES string of the molecule is COC(=O)CCCN(C)C(=O)CN1CCCC1=O. The number of likely N-dealkylation sites (N-methyl/N-ethyl adjacent to an activating group) is 1. The van der Waals surface area contributed by atoms with Crippen LogP contribution in [0.1, 0.15) is 25.7 Å². The second-order valence-electron chi connectivity index (χ2n) is 4.41. The van der Waals surface area contributed by atoms with E-state index >= 15 is 0 Å². The lowest BCUT2D eigenvalue weighted by Crippen LogP contribution is -2.39. The summed E-state index contributed by atoms with van der Waals surface area (Å²) in [6, 6.07) is 0. The van der Waals surface area contributed by atoms with Gasteiger partial charge in [-0.1, -0.05) is 0 Å². The van der Waals surface area contributed by atoms with Crippen LogP contribution < -0.4 is 0 Å². The summed E-state index contributed by atoms with van der Waals surface area (Å²) < 4.78 is 4.52. The van der Waals surface area contributed by atoms with Crippen molar-refractivity contribution in [2.45, 2.75) is 25.7 Å². The van der Waals surface area contributed by atoms with Crippen LogP contribution in [0.25, 0.3) is 0 Å². The van der Waals surface area contributed by atoms with Gasteiger partial charge in [0.2, 0.25) is 11.8 Å². The first-order valence-corrected chi connectivity index (χ1v) is 6.13. The van der Waals surface area contributed by atoms with Crippen LogP contribution in [0.3, 0.4) is 0 Å². The fourth-order valence-corrected chi connectivity index (χ4v) is 1.84. The quantitative estimate of drug-likeness (QED) is 0.628. The number of rotatable bonds is 6. The number of methoxy groups -OCH3 is 1. The standard InChI is InChI=1S/C12H20N2O4/c1-13(7-4-6-12(17)18-2)11(16)9-14-8-3-5-10(14)15/h3-9H2,1-2H3. The Morgan fingerprint density at radius 2 is 2.17 bits per heavy atom. The van der Waals surface area contributed by atoms with E-state index in [1.54, 1.807) is 16.8 Å². The van der Waals surface area contributed by atoms with Crippen molar-refractivity contribution in [3.63, 3.8) is 0 Å². The highest BCUT2D eigenvalue weighted by Crippen LogP contribution is 2.09. The first kappa shape index (κ1) is 14.5. The number of amides is 2. The second-order valence-corrected chi connectivity index (χ2v) is 4.41. The maximum absolute atomic E-state index is 11.8. The Morgan fingerprint density at radius 3 is 2.72 bits per heavy atom. The Hall–Kier alpha value is -1.59. The van der Waals surface area contributed by atoms with Gasteiger partial charge in [0.25, 0.3) is 0 Å². The van der Waals surface area contributed by atoms with Crippen LogP contribution in [0.4, 0.5) is 0 Å². The largest absolute Gasteiger partial charge is 0.469 e. The highest BCUT2D eigenvalue weighted by Gasteiger charge is 2.23. The minimum Gasteiger partial charge on any atom is -0.469 e. The molecule has 0 aromatic carbocycles. The Bertz CT molecular complexity index is 330. The zero-order valence-electron chi connectivity index (χ0n) is 11.0. The molecule has 0 atom stereocenters. The number of hydrogen-bond acceptors (Lipinski definition) is 4. The normalized spacial score (nSPS) is 14.8. The molecule has 2 amide bonds. The molecule has 1 heterocycles. The zero-order chi connectivity index (χ0) is 13.5. The maximum Gasteiger partial charge on any atom is 0.305 e. The van der Waals surface area contributed by atoms with Crippen molar-refractivity contribution in [3.8, 4) is 0 Å². The topological polar surface area (TPSA) is 66.9 Å². The second kappa shape index (κ2) is 6.98. The number of likely N-dealkylation sites (tertiary alicyclic amines) is 1. The lowest BCUT2D eigenvalue weighted by atomic mass is 10.3. The van der Waals surface area contributed by atoms with Crippen LogP contribution in [0.15, 0.2) is 0 Å². The van der Waals surface area contributed by atoms with Crippen molar-refractivity contribution in [2.24, 2.45) is 0 Å². The third-order valence-electron chi connectivity index (χ3n) is 3.03. The van der Waals surface area contributed by atoms with Crippen molar-refractivity contribution >= 4 is 17.8 Å². The molecule has 1 fully saturated rings. The van der Waals surface area contributed by atoms with Gasteiger partial charge < -0.3 is 14.5 Å². The molecule has 0 aliphatic carbocycles. The summed E-state index contributed by atoms with van der Waals surface area (Å²) in [7, 11) is 3.02. The summed E-state index contributed by atoms with van der Waals surface area (Å²) in [5.74, 6) is -0.313. The van der Waals surface area contributed by atoms with Gasteiger partial charge in [-0.05, 0) is 12.8 Å². The number of esters is 1. The van der Waals surface area contributed by atoms with E-state index in [2.05, 4.69) is 4.74 Å². The molecule has 1 aliphatic heterocycles. The molecule has 6 heteroatoms. The summed E-state index contributed by atoms with van der Waals surface area (Å²) in [6.45, 7) is 1.31. The molecular formula is C12H20N2O4. The molecule has 0 aromatic rings. The lowest BCUT2D eigenvalue weighted by Gasteiger charge is -2.21. The first-order chi connectivity index (χ1) is 8.54. The molecule has 0 unspecified atom stereocenters. The van der Waals surface area contributed by atoms with Crippen LogP contribution >= 0.6 is 0 Å². The summed E-state index contributed by atoms with van der Waals surface area (Å²) in [6.07, 6.45) is 2.25. The summed E-state index contributed by atoms with van der Waals surface area (Å²) in [5.41, 5.74) is 0. The van der Waals surface area contributed by atoms with Gasteiger partial charge in [0.1, 0.15) is 0 Å². The van der Waals surface area contributed by atoms with Crippen molar-refractivity contribution in [1.29, 1.82) is 0 Å². The number of carbonyl (C=O) groups excluding carboxylic acids is 3. The van der Waals surface area contributed by atoms with Gasteiger partial charge in [-0.15, -0.1) is 0 Å². The van der Waals surface area contributed by atoms with Gasteiger partial charge >= 0.3 is 5.97 Å². The molecular weight excluding hydrogens is 236 g/mol. The molecule has 18 heavy (non-hydrogen) atoms. The molecule has 0 aromatic heterocycles. The predicted octanol–water partition coefficient (Wildman–Crippen LogP) is 0.0204. The molecule has 0 N–H and O–H groups in total. The van der Waals surface area contributed by atoms with E-state index in [9.17, 15) is 14.4 Å². The average molecular weight is 256 g/mol. The van der Waals surface area contributed by atoms with Crippen molar-refractivity contribution in [2.75, 3.05) is 33.8 Å². The molecule has 1 rings (SSSR count). The van der Waals surface area contributed by atoms with Gasteiger partial charge in [0.15, 0.2) is 0 Å². The molecule has 1 aliphatic rings. The zero-order valence-corrected chi connectivity index (χ0v) is 11.0. The first-order valence-electron chi connectivity index (χ1n) is 6.13. The fourth-order valence-electron chi connectivity index (χ4n) is 1.84. The van der Waals surface area contributed by atoms with Gasteiger partial charge in [0.05, 0.1) is 13.7 Å². The van der Waals surface area contributed by atoms with Crippen LogP contribution in [0.5, 0.6) is 0 Å². The predicted molar refractivity (Wildman–Crippen MR) is 64.7 cm³/mol. The maximum atomic E-state index is 11.8. The Labute approximate surface area is 107 Å². The fraction of sp³-hybridized carbons (Fsp3) is 0.750. The van der Waals surface area contributed by atoms with Gasteiger partial charge in [-0.25, -0.2) is 0 Å². The molecule has 0 saturated carbocycles. The van der Waals surface area contributed by atoms with Gasteiger partial charge in [-0.2, -0.15) is 0 Å². The number of hydrogen-bond donors (Lipinski definition) is 0. The highest BCUT2D eigenvalue weighted by atomic mass is 16.5. The Kier molecular flexibility index (Phi) is 5.61. The third-order valence-corrected chi connectivity index (χ3v) is 3.03. The van der Waals surface area contributed by atoms with Crippen molar-refractivity contribution in [3.05, 3.63) is 0 Å². The minimum absolute atomic E-state index is 0.0475. The van der Waals surface area contributed by atoms with Gasteiger partial charge in [-0.3, -0.25) is 14.4 Å². The van der Waals surface area contributed by atoms with E-state index in [1.807, 2.05) is 0 Å². The van der Waals surface area contributed by atoms with E-state index < -0.39 is 0 Å². The van der Waals surface area contributed by atoms with Crippen LogP contribution in [0, 0.1) is 0 Å². The number of carbonyl (C=O) groups is 3. The van der Waals surface area contributed by atoms with E-state index in [1.165, 1.54) is 7.11 Å². The molecule has 1 saturated heterocycles. The molecule has 6 nitrogen and oxygen atoms in total. The van der Waals surface area contributed by atoms with Gasteiger partial charge in [0, 0.05) is 33.0 Å². The smallest absolute Gasteiger partial charge is 0.305 e. The number of ether oxygens (including phenoxy) is 1. The van der Waals surface area contributed by atoms with Crippen LogP contribution in [-0.2, 0) is 19.1 Å². The summed E-state index contributed by atoms with van der Waals surface area (Å²) in [4.78, 5) is 37.2. The third kappa shape index (κ3) is 4.35. The lowest BCUT2D eigenvalue weighted by molar-refractivity contribution is -0.141. The molecule has 0 bridgehead atoms. The van der Waals surface area contributed by atoms with Crippen LogP contribution in [0.2, 0.25) is 0 Å². The van der Waals surface area contributed by atoms with E-state index in [4.69, 9.17) is 0 Å². The van der Waals surface area contributed by atoms with Crippen molar-refractivity contribution in [1.82, 2.24) is 9.80 Å². The van der Waals surface area contributed by atoms with E-state index in [-0.39, 0.29) is 24.3 Å². The average Bonchev–Trinajstić information content (AvgIpc) is 2.74. The molecule has 102 valence electrons. The number of nitrogens with zero attached hydrogens (tertiary/aromatic N) is 2. The van der Waals surface area contributed by atoms with E-state index in [0.717, 1.165) is 6.42 Å². The summed E-state index contributed by atoms with van der Waals surface area (Å²) in [5, 5.41) is 0. The molecule has 0 spiro atoms. The highest BCUT2D eigenvalue weighted by molar-refractivity contribution is 5.85. The Morgan fingerprint density at radius 1 is 1.44 bits per heavy atom. The van der Waals surface area contributed by atoms with Crippen molar-refractivity contribution < 1.29 is 19.1 Å². The summed E-state index contributed by atoms with van der Waals surface area (Å²) >= 11 is 0. The monoisotopic (exact) mass is 256 g/mol. The van der Waals surface area contributed by atoms with E-state index in [0.29, 0.717) is 32.4 Å². The minimum atomic E-state index is -0.273. The molecule has 0 radical (unpaired) electrons. The van der Waals surface area contributed by atoms with Crippen LogP contribution in [-0.4, -0.2) is 61.4 Å². The Balaban J connectivity index is 2.24.